The Hall–Kier alpha value is -2.86. The van der Waals surface area contributed by atoms with E-state index in [1.807, 2.05) is 19.9 Å². The Balaban J connectivity index is 1.38. The van der Waals surface area contributed by atoms with Crippen LogP contribution >= 0.6 is 0 Å². The van der Waals surface area contributed by atoms with Crippen LogP contribution in [-0.4, -0.2) is 42.2 Å². The first kappa shape index (κ1) is 22.3. The van der Waals surface area contributed by atoms with Crippen molar-refractivity contribution in [3.8, 4) is 11.5 Å². The monoisotopic (exact) mass is 437 g/mol. The largest absolute Gasteiger partial charge is 0.491 e. The molecule has 170 valence electrons. The average molecular weight is 438 g/mol. The van der Waals surface area contributed by atoms with Gasteiger partial charge in [0, 0.05) is 31.1 Å². The van der Waals surface area contributed by atoms with Crippen molar-refractivity contribution >= 4 is 16.7 Å². The molecule has 1 fully saturated rings. The number of halogens is 1. The van der Waals surface area contributed by atoms with Crippen LogP contribution in [0.2, 0.25) is 0 Å². The molecule has 0 unspecified atom stereocenters. The van der Waals surface area contributed by atoms with E-state index >= 15 is 0 Å². The average Bonchev–Trinajstić information content (AvgIpc) is 2.78. The zero-order chi connectivity index (χ0) is 22.5. The highest BCUT2D eigenvalue weighted by molar-refractivity contribution is 5.83. The van der Waals surface area contributed by atoms with Gasteiger partial charge < -0.3 is 14.8 Å². The Bertz CT molecular complexity index is 1040. The van der Waals surface area contributed by atoms with Gasteiger partial charge in [-0.05, 0) is 69.0 Å². The maximum atomic E-state index is 14.5. The molecule has 2 heterocycles. The Morgan fingerprint density at radius 1 is 1.03 bits per heavy atom. The molecular formula is C26H32FN3O2. The molecule has 1 aliphatic rings. The predicted molar refractivity (Wildman–Crippen MR) is 127 cm³/mol. The van der Waals surface area contributed by atoms with E-state index in [-0.39, 0.29) is 11.5 Å². The summed E-state index contributed by atoms with van der Waals surface area (Å²) in [5.74, 6) is 1.06. The van der Waals surface area contributed by atoms with Crippen molar-refractivity contribution in [2.45, 2.75) is 46.2 Å². The van der Waals surface area contributed by atoms with Gasteiger partial charge in [-0.3, -0.25) is 4.90 Å². The van der Waals surface area contributed by atoms with Crippen molar-refractivity contribution in [1.29, 1.82) is 0 Å². The molecule has 0 aliphatic carbocycles. The summed E-state index contributed by atoms with van der Waals surface area (Å²) in [6, 6.07) is 14.4. The molecule has 0 bridgehead atoms. The number of nitrogens with one attached hydrogen (secondary N) is 1. The molecule has 1 aromatic heterocycles. The number of nitrogens with zero attached hydrogens (tertiary/aromatic N) is 2. The van der Waals surface area contributed by atoms with Crippen LogP contribution in [0.4, 0.5) is 10.2 Å². The van der Waals surface area contributed by atoms with Crippen LogP contribution in [0, 0.1) is 12.7 Å². The number of anilines is 1. The lowest BCUT2D eigenvalue weighted by Gasteiger charge is -2.33. The minimum Gasteiger partial charge on any atom is -0.491 e. The SMILES string of the molecule is CCOc1cc(CN2CCC(Nc3cc(C)c4ccccc4n3)CC2)cc(OCC)c1F. The summed E-state index contributed by atoms with van der Waals surface area (Å²) in [5.41, 5.74) is 3.28. The topological polar surface area (TPSA) is 46.6 Å². The van der Waals surface area contributed by atoms with Gasteiger partial charge in [0.25, 0.3) is 0 Å². The maximum Gasteiger partial charge on any atom is 0.206 e. The molecule has 0 saturated carbocycles. The minimum absolute atomic E-state index is 0.266. The van der Waals surface area contributed by atoms with Crippen molar-refractivity contribution in [2.75, 3.05) is 31.6 Å². The second kappa shape index (κ2) is 10.2. The number of benzene rings is 2. The van der Waals surface area contributed by atoms with Gasteiger partial charge >= 0.3 is 0 Å². The van der Waals surface area contributed by atoms with Gasteiger partial charge in [0.15, 0.2) is 11.5 Å². The van der Waals surface area contributed by atoms with E-state index in [1.54, 1.807) is 12.1 Å². The van der Waals surface area contributed by atoms with Gasteiger partial charge in [0.05, 0.1) is 18.7 Å². The zero-order valence-corrected chi connectivity index (χ0v) is 19.2. The molecule has 6 heteroatoms. The van der Waals surface area contributed by atoms with E-state index in [4.69, 9.17) is 14.5 Å². The van der Waals surface area contributed by atoms with Crippen LogP contribution in [0.5, 0.6) is 11.5 Å². The van der Waals surface area contributed by atoms with E-state index in [0.717, 1.165) is 49.4 Å². The van der Waals surface area contributed by atoms with Crippen molar-refractivity contribution in [1.82, 2.24) is 9.88 Å². The number of aryl methyl sites for hydroxylation is 1. The molecule has 2 aromatic carbocycles. The molecular weight excluding hydrogens is 405 g/mol. The van der Waals surface area contributed by atoms with Gasteiger partial charge in [-0.1, -0.05) is 18.2 Å². The van der Waals surface area contributed by atoms with E-state index in [1.165, 1.54) is 10.9 Å². The highest BCUT2D eigenvalue weighted by atomic mass is 19.1. The molecule has 1 aliphatic heterocycles. The first-order chi connectivity index (χ1) is 15.6. The zero-order valence-electron chi connectivity index (χ0n) is 19.2. The molecule has 4 rings (SSSR count). The van der Waals surface area contributed by atoms with Crippen molar-refractivity contribution < 1.29 is 13.9 Å². The number of piperidine rings is 1. The van der Waals surface area contributed by atoms with Crippen molar-refractivity contribution in [2.24, 2.45) is 0 Å². The Kier molecular flexibility index (Phi) is 7.10. The summed E-state index contributed by atoms with van der Waals surface area (Å²) >= 11 is 0. The third-order valence-corrected chi connectivity index (χ3v) is 5.93. The fourth-order valence-electron chi connectivity index (χ4n) is 4.37. The summed E-state index contributed by atoms with van der Waals surface area (Å²) < 4.78 is 25.5. The highest BCUT2D eigenvalue weighted by Gasteiger charge is 2.21. The second-order valence-corrected chi connectivity index (χ2v) is 8.31. The molecule has 0 spiro atoms. The van der Waals surface area contributed by atoms with Crippen molar-refractivity contribution in [3.05, 3.63) is 59.4 Å². The number of ether oxygens (including phenoxy) is 2. The van der Waals surface area contributed by atoms with Gasteiger partial charge in [-0.25, -0.2) is 4.98 Å². The van der Waals surface area contributed by atoms with Crippen LogP contribution in [0.15, 0.2) is 42.5 Å². The van der Waals surface area contributed by atoms with Crippen LogP contribution in [0.3, 0.4) is 0 Å². The number of aromatic nitrogens is 1. The molecule has 0 atom stereocenters. The lowest BCUT2D eigenvalue weighted by atomic mass is 10.0. The lowest BCUT2D eigenvalue weighted by Crippen LogP contribution is -2.38. The van der Waals surface area contributed by atoms with E-state index in [0.29, 0.717) is 19.3 Å². The Morgan fingerprint density at radius 3 is 2.34 bits per heavy atom. The third kappa shape index (κ3) is 5.13. The van der Waals surface area contributed by atoms with Gasteiger partial charge in [-0.15, -0.1) is 0 Å². The summed E-state index contributed by atoms with van der Waals surface area (Å²) in [5, 5.41) is 4.83. The number of para-hydroxylation sites is 1. The summed E-state index contributed by atoms with van der Waals surface area (Å²) in [4.78, 5) is 7.19. The normalized spacial score (nSPS) is 15.1. The van der Waals surface area contributed by atoms with Gasteiger partial charge in [-0.2, -0.15) is 4.39 Å². The minimum atomic E-state index is -0.418. The number of hydrogen-bond acceptors (Lipinski definition) is 5. The quantitative estimate of drug-likeness (QED) is 0.500. The molecule has 3 aromatic rings. The highest BCUT2D eigenvalue weighted by Crippen LogP contribution is 2.30. The van der Waals surface area contributed by atoms with E-state index in [9.17, 15) is 4.39 Å². The molecule has 0 radical (unpaired) electrons. The van der Waals surface area contributed by atoms with Gasteiger partial charge in [0.2, 0.25) is 5.82 Å². The first-order valence-corrected chi connectivity index (χ1v) is 11.5. The smallest absolute Gasteiger partial charge is 0.206 e. The molecule has 5 nitrogen and oxygen atoms in total. The Labute approximate surface area is 189 Å². The second-order valence-electron chi connectivity index (χ2n) is 8.31. The standard InChI is InChI=1S/C26H32FN3O2/c1-4-31-23-15-19(16-24(26(23)27)32-5-2)17-30-12-10-20(11-13-30)28-25-14-18(3)21-8-6-7-9-22(21)29-25/h6-9,14-16,20H,4-5,10-13,17H2,1-3H3,(H,28,29). The molecule has 1 N–H and O–H groups in total. The van der Waals surface area contributed by atoms with Crippen LogP contribution in [-0.2, 0) is 6.54 Å². The number of rotatable bonds is 8. The van der Waals surface area contributed by atoms with Gasteiger partial charge in [0.1, 0.15) is 5.82 Å². The number of fused-ring (bicyclic) bond motifs is 1. The fourth-order valence-corrected chi connectivity index (χ4v) is 4.37. The van der Waals surface area contributed by atoms with Crippen LogP contribution in [0.25, 0.3) is 10.9 Å². The van der Waals surface area contributed by atoms with Crippen molar-refractivity contribution in [3.63, 3.8) is 0 Å². The third-order valence-electron chi connectivity index (χ3n) is 5.93. The number of pyridine rings is 1. The first-order valence-electron chi connectivity index (χ1n) is 11.5. The van der Waals surface area contributed by atoms with E-state index < -0.39 is 5.82 Å². The molecule has 0 amide bonds. The maximum absolute atomic E-state index is 14.5. The summed E-state index contributed by atoms with van der Waals surface area (Å²) in [6.07, 6.45) is 2.07. The molecule has 32 heavy (non-hydrogen) atoms. The summed E-state index contributed by atoms with van der Waals surface area (Å²) in [6.45, 7) is 9.38. The van der Waals surface area contributed by atoms with Crippen LogP contribution in [0.1, 0.15) is 37.8 Å². The number of hydrogen-bond donors (Lipinski definition) is 1. The number of likely N-dealkylation sites (tertiary alicyclic amines) is 1. The van der Waals surface area contributed by atoms with E-state index in [2.05, 4.69) is 41.4 Å². The molecule has 1 saturated heterocycles. The fraction of sp³-hybridized carbons (Fsp3) is 0.423. The summed E-state index contributed by atoms with van der Waals surface area (Å²) in [7, 11) is 0. The Morgan fingerprint density at radius 2 is 1.69 bits per heavy atom. The van der Waals surface area contributed by atoms with Crippen LogP contribution < -0.4 is 14.8 Å². The predicted octanol–water partition coefficient (Wildman–Crippen LogP) is 5.56. The lowest BCUT2D eigenvalue weighted by molar-refractivity contribution is 0.210.